The summed E-state index contributed by atoms with van der Waals surface area (Å²) in [6.07, 6.45) is 7.03. The van der Waals surface area contributed by atoms with Crippen LogP contribution in [-0.4, -0.2) is 101 Å². The van der Waals surface area contributed by atoms with Crippen molar-refractivity contribution in [3.8, 4) is 34.0 Å². The lowest BCUT2D eigenvalue weighted by Gasteiger charge is -2.34. The molecule has 3 fully saturated rings. The number of benzene rings is 3. The zero-order valence-electron chi connectivity index (χ0n) is 37.5. The third kappa shape index (κ3) is 9.00. The van der Waals surface area contributed by atoms with Gasteiger partial charge in [-0.15, -0.1) is 0 Å². The minimum Gasteiger partial charge on any atom is -0.457 e. The van der Waals surface area contributed by atoms with Gasteiger partial charge in [-0.2, -0.15) is 20.4 Å². The fourth-order valence-electron chi connectivity index (χ4n) is 9.31. The predicted octanol–water partition coefficient (Wildman–Crippen LogP) is 6.05. The molecular weight excluding hydrogens is 869 g/mol. The van der Waals surface area contributed by atoms with Crippen molar-refractivity contribution in [2.24, 2.45) is 0 Å². The Kier molecular flexibility index (Phi) is 13.0. The number of amides is 2. The number of aromatic nitrogens is 8. The lowest BCUT2D eigenvalue weighted by molar-refractivity contribution is -0.128. The number of likely N-dealkylation sites (tertiary alicyclic amines) is 1. The van der Waals surface area contributed by atoms with Gasteiger partial charge in [-0.3, -0.25) is 28.5 Å². The number of piperidine rings is 1. The highest BCUT2D eigenvalue weighted by atomic mass is 16.7. The smallest absolute Gasteiger partial charge is 0.290 e. The van der Waals surface area contributed by atoms with Crippen molar-refractivity contribution in [2.75, 3.05) is 44.8 Å². The van der Waals surface area contributed by atoms with E-state index in [1.54, 1.807) is 26.2 Å². The normalized spacial score (nSPS) is 18.5. The van der Waals surface area contributed by atoms with E-state index in [1.807, 2.05) is 78.9 Å². The zero-order chi connectivity index (χ0) is 47.5. The Labute approximate surface area is 390 Å². The van der Waals surface area contributed by atoms with Crippen molar-refractivity contribution in [1.29, 1.82) is 0 Å². The fraction of sp³-hybridized carbons (Fsp3) is 0.306. The van der Waals surface area contributed by atoms with Crippen LogP contribution >= 0.6 is 0 Å². The Morgan fingerprint density at radius 2 is 1.28 bits per heavy atom. The third-order valence-electron chi connectivity index (χ3n) is 12.8. The quantitative estimate of drug-likeness (QED) is 0.114. The number of nitrogen functional groups attached to an aromatic ring is 2. The fourth-order valence-corrected chi connectivity index (χ4v) is 9.31. The van der Waals surface area contributed by atoms with Gasteiger partial charge >= 0.3 is 0 Å². The number of fused-ring (bicyclic) bond motifs is 2. The number of likely N-dealkylation sites (N-methyl/N-ethyl adjacent to an activating group) is 1. The van der Waals surface area contributed by atoms with E-state index in [9.17, 15) is 19.2 Å². The Morgan fingerprint density at radius 1 is 0.735 bits per heavy atom. The number of para-hydroxylation sites is 1. The number of carbonyl (C=O) groups is 2. The SMILES string of the molecule is C=CC(=O)N(C)C1CCC(n2nc(-c3ccc(Oc4ccccc4)cc3)c3c(N)n[nH]c(=O)c32)CC1.C=CC(=O)N1CCCC(n2nc(-c3ccc(C4OCCO4)cc3)c3c(N)n[nH]c(=O)c32)C1. The van der Waals surface area contributed by atoms with Gasteiger partial charge in [0.05, 0.1) is 36.1 Å². The van der Waals surface area contributed by atoms with Crippen LogP contribution in [0.15, 0.2) is 114 Å². The minimum atomic E-state index is -0.372. The van der Waals surface area contributed by atoms with Crippen LogP contribution in [-0.2, 0) is 19.1 Å². The maximum absolute atomic E-state index is 12.9. The summed E-state index contributed by atoms with van der Waals surface area (Å²) in [5.41, 5.74) is 16.2. The molecule has 4 aromatic heterocycles. The number of hydrogen-bond acceptors (Lipinski definition) is 13. The Balaban J connectivity index is 0.000000171. The third-order valence-corrected chi connectivity index (χ3v) is 12.8. The summed E-state index contributed by atoms with van der Waals surface area (Å²) in [7, 11) is 1.80. The van der Waals surface area contributed by atoms with Crippen LogP contribution in [0.2, 0.25) is 0 Å². The van der Waals surface area contributed by atoms with E-state index < -0.39 is 0 Å². The number of aromatic amines is 2. The van der Waals surface area contributed by atoms with Crippen LogP contribution in [0.3, 0.4) is 0 Å². The number of nitrogens with zero attached hydrogens (tertiary/aromatic N) is 8. The summed E-state index contributed by atoms with van der Waals surface area (Å²) in [5.74, 6) is 1.64. The molecule has 2 saturated heterocycles. The molecule has 0 bridgehead atoms. The van der Waals surface area contributed by atoms with Gasteiger partial charge < -0.3 is 35.5 Å². The standard InChI is InChI=1S/C27H28N6O3.C22H24N6O4/c1-3-22(34)32(2)18-11-13-19(14-12-18)33-25-23(26(28)29-30-27(25)35)24(31-33)17-9-15-21(16-10-17)36-20-7-5-4-6-8-20;1-2-16(29)27-9-3-4-15(12-27)28-19-17(20(23)24-25-21(19)30)18(26-28)13-5-7-14(8-6-13)22-31-10-11-32-22/h3-10,15-16,18-19H,1,11-14H2,2H3,(H2,28,29)(H,30,35);2,5-8,15,22H,1,3-4,9-12H2,(H2,23,24)(H,25,30). The van der Waals surface area contributed by atoms with Crippen molar-refractivity contribution >= 4 is 45.3 Å². The molecule has 0 radical (unpaired) electrons. The second kappa shape index (κ2) is 19.5. The van der Waals surface area contributed by atoms with Gasteiger partial charge in [0.15, 0.2) is 17.9 Å². The lowest BCUT2D eigenvalue weighted by Crippen LogP contribution is -2.40. The number of H-pyrrole nitrogens is 2. The summed E-state index contributed by atoms with van der Waals surface area (Å²) >= 11 is 0. The first-order valence-corrected chi connectivity index (χ1v) is 22.5. The van der Waals surface area contributed by atoms with Gasteiger partial charge in [0.2, 0.25) is 11.8 Å². The van der Waals surface area contributed by atoms with Crippen molar-refractivity contribution in [2.45, 2.75) is 62.9 Å². The van der Waals surface area contributed by atoms with Crippen molar-refractivity contribution in [3.63, 3.8) is 0 Å². The molecule has 0 spiro atoms. The number of ether oxygens (including phenoxy) is 3. The summed E-state index contributed by atoms with van der Waals surface area (Å²) in [6.45, 7) is 9.39. The average Bonchev–Trinajstić information content (AvgIpc) is 4.17. The van der Waals surface area contributed by atoms with E-state index in [2.05, 4.69) is 33.6 Å². The monoisotopic (exact) mass is 920 g/mol. The molecule has 1 saturated carbocycles. The molecule has 7 aromatic rings. The van der Waals surface area contributed by atoms with Crippen molar-refractivity contribution in [3.05, 3.63) is 130 Å². The molecule has 3 aromatic carbocycles. The molecule has 350 valence electrons. The molecule has 10 rings (SSSR count). The number of anilines is 2. The number of nitrogens with one attached hydrogen (secondary N) is 2. The zero-order valence-corrected chi connectivity index (χ0v) is 37.5. The topological polar surface area (TPSA) is 247 Å². The van der Waals surface area contributed by atoms with Crippen LogP contribution in [0.5, 0.6) is 11.5 Å². The second-order valence-electron chi connectivity index (χ2n) is 16.9. The first-order valence-electron chi connectivity index (χ1n) is 22.5. The van der Waals surface area contributed by atoms with Gasteiger partial charge in [0.25, 0.3) is 11.1 Å². The van der Waals surface area contributed by atoms with Gasteiger partial charge in [-0.1, -0.05) is 55.6 Å². The van der Waals surface area contributed by atoms with Crippen LogP contribution in [0.1, 0.15) is 62.5 Å². The molecule has 6 heterocycles. The number of carbonyl (C=O) groups excluding carboxylic acids is 2. The highest BCUT2D eigenvalue weighted by Gasteiger charge is 2.31. The number of nitrogens with two attached hydrogens (primary N) is 2. The van der Waals surface area contributed by atoms with E-state index in [-0.39, 0.29) is 59.0 Å². The van der Waals surface area contributed by atoms with E-state index in [1.165, 1.54) is 12.2 Å². The van der Waals surface area contributed by atoms with E-state index >= 15 is 0 Å². The first-order chi connectivity index (χ1) is 33.0. The van der Waals surface area contributed by atoms with Gasteiger partial charge in [-0.25, -0.2) is 10.2 Å². The van der Waals surface area contributed by atoms with Crippen LogP contribution in [0, 0.1) is 0 Å². The number of rotatable bonds is 10. The average molecular weight is 921 g/mol. The summed E-state index contributed by atoms with van der Waals surface area (Å²) < 4.78 is 20.5. The molecule has 2 aliphatic heterocycles. The lowest BCUT2D eigenvalue weighted by atomic mass is 9.90. The number of hydrogen-bond donors (Lipinski definition) is 4. The largest absolute Gasteiger partial charge is 0.457 e. The molecule has 19 heteroatoms. The maximum Gasteiger partial charge on any atom is 0.290 e. The Bertz CT molecular complexity index is 3090. The predicted molar refractivity (Wildman–Crippen MR) is 256 cm³/mol. The Hall–Kier alpha value is -7.90. The second-order valence-corrected chi connectivity index (χ2v) is 16.9. The summed E-state index contributed by atoms with van der Waals surface area (Å²) in [5, 5.41) is 23.6. The molecule has 3 aliphatic rings. The maximum atomic E-state index is 12.9. The molecule has 2 amide bonds. The molecule has 1 unspecified atom stereocenters. The van der Waals surface area contributed by atoms with Gasteiger partial charge in [0, 0.05) is 42.9 Å². The van der Waals surface area contributed by atoms with E-state index in [4.69, 9.17) is 35.9 Å². The van der Waals surface area contributed by atoms with Crippen LogP contribution in [0.25, 0.3) is 44.3 Å². The van der Waals surface area contributed by atoms with Crippen molar-refractivity contribution in [1.82, 2.24) is 49.8 Å². The molecule has 68 heavy (non-hydrogen) atoms. The van der Waals surface area contributed by atoms with Gasteiger partial charge in [0.1, 0.15) is 33.9 Å². The van der Waals surface area contributed by atoms with E-state index in [0.717, 1.165) is 61.0 Å². The first kappa shape index (κ1) is 45.3. The van der Waals surface area contributed by atoms with Crippen LogP contribution in [0.4, 0.5) is 11.6 Å². The highest BCUT2D eigenvalue weighted by Crippen LogP contribution is 2.38. The van der Waals surface area contributed by atoms with Crippen LogP contribution < -0.4 is 27.3 Å². The highest BCUT2D eigenvalue weighted by molar-refractivity contribution is 6.00. The van der Waals surface area contributed by atoms with Crippen molar-refractivity contribution < 1.29 is 23.8 Å². The summed E-state index contributed by atoms with van der Waals surface area (Å²) in [6, 6.07) is 24.7. The summed E-state index contributed by atoms with van der Waals surface area (Å²) in [4.78, 5) is 53.3. The molecule has 6 N–H and O–H groups in total. The molecule has 19 nitrogen and oxygen atoms in total. The van der Waals surface area contributed by atoms with Gasteiger partial charge in [-0.05, 0) is 87.1 Å². The minimum absolute atomic E-state index is 0.00770. The Morgan fingerprint density at radius 3 is 1.84 bits per heavy atom. The molecular formula is C49H52N12O7. The molecule has 1 atom stereocenters. The molecule has 1 aliphatic carbocycles. The van der Waals surface area contributed by atoms with E-state index in [0.29, 0.717) is 65.2 Å².